The van der Waals surface area contributed by atoms with Crippen LogP contribution >= 0.6 is 0 Å². The van der Waals surface area contributed by atoms with Crippen molar-refractivity contribution in [3.63, 3.8) is 0 Å². The second-order valence-corrected chi connectivity index (χ2v) is 4.17. The van der Waals surface area contributed by atoms with Gasteiger partial charge in [-0.3, -0.25) is 19.6 Å². The lowest BCUT2D eigenvalue weighted by Gasteiger charge is -2.03. The number of rotatable bonds is 6. The third kappa shape index (κ3) is 3.55. The molecule has 0 saturated heterocycles. The average molecular weight is 275 g/mol. The van der Waals surface area contributed by atoms with Crippen LogP contribution < -0.4 is 11.1 Å². The Morgan fingerprint density at radius 2 is 2.10 bits per heavy atom. The fourth-order valence-electron chi connectivity index (χ4n) is 1.64. The van der Waals surface area contributed by atoms with Gasteiger partial charge in [-0.2, -0.15) is 5.10 Å². The minimum Gasteiger partial charge on any atom is -0.378 e. The molecular formula is C12H13N5O3. The largest absolute Gasteiger partial charge is 0.378 e. The maximum atomic E-state index is 10.7. The van der Waals surface area contributed by atoms with Gasteiger partial charge in [-0.25, -0.2) is 0 Å². The van der Waals surface area contributed by atoms with Crippen molar-refractivity contribution in [2.45, 2.75) is 13.1 Å². The first-order valence-corrected chi connectivity index (χ1v) is 5.82. The first kappa shape index (κ1) is 13.5. The van der Waals surface area contributed by atoms with E-state index in [-0.39, 0.29) is 12.2 Å². The molecule has 0 radical (unpaired) electrons. The van der Waals surface area contributed by atoms with Crippen LogP contribution in [0, 0.1) is 10.1 Å². The summed E-state index contributed by atoms with van der Waals surface area (Å²) in [6.07, 6.45) is 3.24. The molecule has 2 rings (SSSR count). The highest BCUT2D eigenvalue weighted by Crippen LogP contribution is 2.13. The van der Waals surface area contributed by atoms with Crippen LogP contribution in [0.3, 0.4) is 0 Å². The summed E-state index contributed by atoms with van der Waals surface area (Å²) in [4.78, 5) is 20.8. The van der Waals surface area contributed by atoms with E-state index in [4.69, 9.17) is 5.73 Å². The van der Waals surface area contributed by atoms with Gasteiger partial charge < -0.3 is 11.1 Å². The number of anilines is 1. The van der Waals surface area contributed by atoms with Crippen molar-refractivity contribution in [1.82, 2.24) is 9.78 Å². The minimum absolute atomic E-state index is 0.0270. The standard InChI is InChI=1S/C12H13N5O3/c13-12(18)8-16-7-10(6-15-16)14-5-9-1-3-11(4-2-9)17(19)20/h1-4,6-7,14H,5,8H2,(H2,13,18). The molecule has 0 atom stereocenters. The third-order valence-electron chi connectivity index (χ3n) is 2.59. The van der Waals surface area contributed by atoms with Crippen LogP contribution in [0.15, 0.2) is 36.7 Å². The molecule has 8 nitrogen and oxygen atoms in total. The van der Waals surface area contributed by atoms with E-state index in [1.54, 1.807) is 24.5 Å². The van der Waals surface area contributed by atoms with E-state index in [1.165, 1.54) is 16.8 Å². The smallest absolute Gasteiger partial charge is 0.269 e. The summed E-state index contributed by atoms with van der Waals surface area (Å²) in [5.41, 5.74) is 6.76. The summed E-state index contributed by atoms with van der Waals surface area (Å²) in [6, 6.07) is 6.26. The van der Waals surface area contributed by atoms with Crippen LogP contribution in [-0.2, 0) is 17.9 Å². The van der Waals surface area contributed by atoms with Crippen LogP contribution in [0.1, 0.15) is 5.56 Å². The van der Waals surface area contributed by atoms with Crippen molar-refractivity contribution >= 4 is 17.3 Å². The average Bonchev–Trinajstić information content (AvgIpc) is 2.83. The molecule has 0 aliphatic rings. The summed E-state index contributed by atoms with van der Waals surface area (Å²) in [5, 5.41) is 17.6. The second kappa shape index (κ2) is 5.83. The molecule has 2 aromatic rings. The van der Waals surface area contributed by atoms with E-state index in [1.807, 2.05) is 0 Å². The summed E-state index contributed by atoms with van der Waals surface area (Å²) < 4.78 is 1.43. The van der Waals surface area contributed by atoms with Gasteiger partial charge in [0.25, 0.3) is 5.69 Å². The maximum Gasteiger partial charge on any atom is 0.269 e. The Labute approximate surface area is 114 Å². The highest BCUT2D eigenvalue weighted by molar-refractivity contribution is 5.73. The molecule has 0 aliphatic heterocycles. The van der Waals surface area contributed by atoms with Crippen LogP contribution in [0.2, 0.25) is 0 Å². The van der Waals surface area contributed by atoms with E-state index in [0.717, 1.165) is 11.3 Å². The molecule has 104 valence electrons. The van der Waals surface area contributed by atoms with Gasteiger partial charge >= 0.3 is 0 Å². The number of hydrogen-bond acceptors (Lipinski definition) is 5. The number of carbonyl (C=O) groups excluding carboxylic acids is 1. The number of nitro benzene ring substituents is 1. The predicted octanol–water partition coefficient (Wildman–Crippen LogP) is 0.889. The Hall–Kier alpha value is -2.90. The molecule has 1 aromatic heterocycles. The lowest BCUT2D eigenvalue weighted by Crippen LogP contribution is -2.18. The molecule has 1 amide bonds. The number of nitro groups is 1. The summed E-state index contributed by atoms with van der Waals surface area (Å²) in [7, 11) is 0. The molecule has 0 unspecified atom stereocenters. The number of non-ortho nitro benzene ring substituents is 1. The quantitative estimate of drug-likeness (QED) is 0.599. The highest BCUT2D eigenvalue weighted by atomic mass is 16.6. The van der Waals surface area contributed by atoms with Crippen molar-refractivity contribution < 1.29 is 9.72 Å². The molecule has 20 heavy (non-hydrogen) atoms. The summed E-state index contributed by atoms with van der Waals surface area (Å²) >= 11 is 0. The number of amides is 1. The van der Waals surface area contributed by atoms with E-state index in [2.05, 4.69) is 10.4 Å². The Balaban J connectivity index is 1.93. The first-order valence-electron chi connectivity index (χ1n) is 5.82. The lowest BCUT2D eigenvalue weighted by atomic mass is 10.2. The Kier molecular flexibility index (Phi) is 3.94. The van der Waals surface area contributed by atoms with Gasteiger partial charge in [0.05, 0.1) is 16.8 Å². The lowest BCUT2D eigenvalue weighted by molar-refractivity contribution is -0.384. The van der Waals surface area contributed by atoms with Crippen LogP contribution in [0.5, 0.6) is 0 Å². The zero-order chi connectivity index (χ0) is 14.5. The number of aromatic nitrogens is 2. The topological polar surface area (TPSA) is 116 Å². The fraction of sp³-hybridized carbons (Fsp3) is 0.167. The fourth-order valence-corrected chi connectivity index (χ4v) is 1.64. The van der Waals surface area contributed by atoms with Crippen LogP contribution in [0.25, 0.3) is 0 Å². The molecule has 8 heteroatoms. The molecule has 0 aliphatic carbocycles. The third-order valence-corrected chi connectivity index (χ3v) is 2.59. The summed E-state index contributed by atoms with van der Waals surface area (Å²) in [6.45, 7) is 0.527. The van der Waals surface area contributed by atoms with E-state index in [0.29, 0.717) is 6.54 Å². The van der Waals surface area contributed by atoms with E-state index in [9.17, 15) is 14.9 Å². The van der Waals surface area contributed by atoms with E-state index >= 15 is 0 Å². The van der Waals surface area contributed by atoms with Gasteiger partial charge in [-0.1, -0.05) is 12.1 Å². The minimum atomic E-state index is -0.463. The zero-order valence-electron chi connectivity index (χ0n) is 10.5. The van der Waals surface area contributed by atoms with Crippen molar-refractivity contribution in [2.24, 2.45) is 5.73 Å². The Morgan fingerprint density at radius 3 is 2.70 bits per heavy atom. The van der Waals surface area contributed by atoms with Crippen LogP contribution in [0.4, 0.5) is 11.4 Å². The number of hydrogen-bond donors (Lipinski definition) is 2. The number of benzene rings is 1. The maximum absolute atomic E-state index is 10.7. The van der Waals surface area contributed by atoms with Crippen molar-refractivity contribution in [2.75, 3.05) is 5.32 Å². The van der Waals surface area contributed by atoms with E-state index < -0.39 is 10.8 Å². The predicted molar refractivity (Wildman–Crippen MR) is 71.8 cm³/mol. The number of nitrogens with zero attached hydrogens (tertiary/aromatic N) is 3. The van der Waals surface area contributed by atoms with Gasteiger partial charge in [-0.15, -0.1) is 0 Å². The second-order valence-electron chi connectivity index (χ2n) is 4.17. The highest BCUT2D eigenvalue weighted by Gasteiger charge is 2.04. The number of nitrogens with two attached hydrogens (primary N) is 1. The number of primary amides is 1. The van der Waals surface area contributed by atoms with Crippen molar-refractivity contribution in [3.8, 4) is 0 Å². The molecule has 3 N–H and O–H groups in total. The van der Waals surface area contributed by atoms with Gasteiger partial charge in [-0.05, 0) is 5.56 Å². The summed E-state index contributed by atoms with van der Waals surface area (Å²) in [5.74, 6) is -0.463. The molecule has 1 aromatic carbocycles. The van der Waals surface area contributed by atoms with Crippen molar-refractivity contribution in [3.05, 3.63) is 52.3 Å². The number of carbonyl (C=O) groups is 1. The van der Waals surface area contributed by atoms with Gasteiger partial charge in [0.15, 0.2) is 0 Å². The zero-order valence-corrected chi connectivity index (χ0v) is 10.5. The molecule has 0 fully saturated rings. The molecule has 0 saturated carbocycles. The normalized spacial score (nSPS) is 10.2. The van der Waals surface area contributed by atoms with Gasteiger partial charge in [0.2, 0.25) is 5.91 Å². The molecular weight excluding hydrogens is 262 g/mol. The first-order chi connectivity index (χ1) is 9.54. The van der Waals surface area contributed by atoms with Gasteiger partial charge in [0, 0.05) is 24.9 Å². The molecule has 1 heterocycles. The van der Waals surface area contributed by atoms with Crippen molar-refractivity contribution in [1.29, 1.82) is 0 Å². The SMILES string of the molecule is NC(=O)Cn1cc(NCc2ccc([N+](=O)[O-])cc2)cn1. The molecule has 0 spiro atoms. The molecule has 0 bridgehead atoms. The van der Waals surface area contributed by atoms with Crippen LogP contribution in [-0.4, -0.2) is 20.6 Å². The number of nitrogens with one attached hydrogen (secondary N) is 1. The van der Waals surface area contributed by atoms with Gasteiger partial charge in [0.1, 0.15) is 6.54 Å². The Morgan fingerprint density at radius 1 is 1.40 bits per heavy atom. The monoisotopic (exact) mass is 275 g/mol. The Bertz CT molecular complexity index is 620.